The third-order valence-corrected chi connectivity index (χ3v) is 19.0. The second kappa shape index (κ2) is 78.3. The SMILES string of the molecule is CC/C=C\C/C=C\C/C=C\C/C=C\C/C=C\C/C=C\CCC(=O)OCC(COP(=O)(O)OCC(O)COP(=O)(O)OCC(COC(=O)CCCCCCCC/C=C\C/C=C\C/C=C\CCCCC)OC(=O)CCCCCCC/C=C\CCCCCC)OC(=O)CCCCCCC/C=C\CCCCCCCC. The van der Waals surface area contributed by atoms with Crippen molar-refractivity contribution in [2.24, 2.45) is 0 Å². The van der Waals surface area contributed by atoms with Crippen LogP contribution >= 0.6 is 15.6 Å². The quantitative estimate of drug-likeness (QED) is 0.0169. The van der Waals surface area contributed by atoms with Gasteiger partial charge in [-0.25, -0.2) is 9.13 Å². The van der Waals surface area contributed by atoms with Crippen molar-refractivity contribution in [2.45, 2.75) is 354 Å². The summed E-state index contributed by atoms with van der Waals surface area (Å²) in [5.41, 5.74) is 0. The number of allylic oxidation sites excluding steroid dienone is 22. The molecular formula is C87H148O17P2. The molecule has 5 unspecified atom stereocenters. The molecule has 0 aliphatic heterocycles. The molecule has 0 rings (SSSR count). The van der Waals surface area contributed by atoms with Gasteiger partial charge in [0.25, 0.3) is 0 Å². The van der Waals surface area contributed by atoms with Crippen LogP contribution in [0.25, 0.3) is 0 Å². The Balaban J connectivity index is 5.42. The van der Waals surface area contributed by atoms with Gasteiger partial charge in [-0.1, -0.05) is 290 Å². The standard InChI is InChI=1S/C87H148O17P2/c1-5-9-13-17-21-25-29-33-36-38-40-42-45-48-51-55-59-63-67-71-84(89)97-77-82(103-86(91)73-69-65-61-57-53-47-32-28-24-20-16-12-8-4)79-101-105(93,94)99-75-81(88)76-100-106(95,96)102-80-83(104-87(92)74-70-66-62-58-54-50-44-35-31-27-23-19-15-11-7-3)78-98-85(90)72-68-64-60-56-52-49-46-43-41-39-37-34-30-26-22-18-14-10-6-2/h10,14,21-22,25-26,28,32-37,40-44,49,52,60,64,81-83,88H,5-9,11-13,15-20,23-24,27,29-31,38-39,45-48,50-51,53-59,61-63,65-80H2,1-4H3,(H,93,94)(H,95,96)/b14-10-,25-21-,26-22-,32-28-,36-33-,37-34-,42-40-,43-41-,44-35-,52-49-,64-60-. The minimum absolute atomic E-state index is 0.0322. The van der Waals surface area contributed by atoms with Gasteiger partial charge in [0, 0.05) is 25.7 Å². The van der Waals surface area contributed by atoms with Crippen LogP contribution in [0.3, 0.4) is 0 Å². The summed E-state index contributed by atoms with van der Waals surface area (Å²) in [5, 5.41) is 10.7. The number of phosphoric ester groups is 2. The number of aliphatic hydroxyl groups is 1. The van der Waals surface area contributed by atoms with E-state index in [-0.39, 0.29) is 25.7 Å². The van der Waals surface area contributed by atoms with Crippen LogP contribution in [0.4, 0.5) is 0 Å². The number of hydrogen-bond donors (Lipinski definition) is 3. The number of unbranched alkanes of at least 4 members (excludes halogenated alkanes) is 29. The fourth-order valence-electron chi connectivity index (χ4n) is 10.8. The average Bonchev–Trinajstić information content (AvgIpc) is 0.933. The first-order valence-corrected chi connectivity index (χ1v) is 44.4. The smallest absolute Gasteiger partial charge is 0.462 e. The van der Waals surface area contributed by atoms with Crippen LogP contribution in [0.2, 0.25) is 0 Å². The molecule has 0 heterocycles. The van der Waals surface area contributed by atoms with Gasteiger partial charge in [-0.2, -0.15) is 0 Å². The van der Waals surface area contributed by atoms with E-state index in [1.807, 2.05) is 18.2 Å². The van der Waals surface area contributed by atoms with Crippen molar-refractivity contribution < 1.29 is 80.2 Å². The van der Waals surface area contributed by atoms with Gasteiger partial charge in [0.15, 0.2) is 12.2 Å². The zero-order valence-corrected chi connectivity index (χ0v) is 68.4. The van der Waals surface area contributed by atoms with E-state index in [9.17, 15) is 43.2 Å². The Morgan fingerprint density at radius 2 is 0.509 bits per heavy atom. The summed E-state index contributed by atoms with van der Waals surface area (Å²) in [4.78, 5) is 73.1. The molecule has 0 saturated heterocycles. The molecule has 106 heavy (non-hydrogen) atoms. The van der Waals surface area contributed by atoms with Crippen LogP contribution in [0, 0.1) is 0 Å². The van der Waals surface area contributed by atoms with E-state index in [1.54, 1.807) is 0 Å². The summed E-state index contributed by atoms with van der Waals surface area (Å²) in [5.74, 6) is -2.30. The molecule has 0 spiro atoms. The predicted molar refractivity (Wildman–Crippen MR) is 436 cm³/mol. The Morgan fingerprint density at radius 3 is 0.849 bits per heavy atom. The van der Waals surface area contributed by atoms with Crippen LogP contribution < -0.4 is 0 Å². The molecule has 17 nitrogen and oxygen atoms in total. The van der Waals surface area contributed by atoms with Crippen LogP contribution in [0.5, 0.6) is 0 Å². The Morgan fingerprint density at radius 1 is 0.274 bits per heavy atom. The molecule has 0 fully saturated rings. The third kappa shape index (κ3) is 77.4. The maximum Gasteiger partial charge on any atom is 0.472 e. The first kappa shape index (κ1) is 101. The molecule has 0 aromatic rings. The van der Waals surface area contributed by atoms with Gasteiger partial charge in [0.1, 0.15) is 19.3 Å². The van der Waals surface area contributed by atoms with Gasteiger partial charge in [-0.15, -0.1) is 0 Å². The summed E-state index contributed by atoms with van der Waals surface area (Å²) < 4.78 is 68.6. The molecule has 0 aliphatic carbocycles. The van der Waals surface area contributed by atoms with Crippen molar-refractivity contribution in [3.05, 3.63) is 134 Å². The lowest BCUT2D eigenvalue weighted by atomic mass is 10.1. The van der Waals surface area contributed by atoms with E-state index < -0.39 is 97.5 Å². The van der Waals surface area contributed by atoms with E-state index in [4.69, 9.17) is 37.0 Å². The fourth-order valence-corrected chi connectivity index (χ4v) is 12.4. The van der Waals surface area contributed by atoms with Crippen molar-refractivity contribution in [1.29, 1.82) is 0 Å². The third-order valence-electron chi connectivity index (χ3n) is 17.1. The molecular weight excluding hydrogens is 1380 g/mol. The molecule has 19 heteroatoms. The monoisotopic (exact) mass is 1530 g/mol. The number of hydrogen-bond acceptors (Lipinski definition) is 15. The minimum atomic E-state index is -5.00. The first-order valence-electron chi connectivity index (χ1n) is 41.4. The number of aliphatic hydroxyl groups excluding tert-OH is 1. The second-order valence-corrected chi connectivity index (χ2v) is 30.2. The molecule has 0 radical (unpaired) electrons. The Kier molecular flexibility index (Phi) is 74.8. The summed E-state index contributed by atoms with van der Waals surface area (Å²) >= 11 is 0. The Hall–Kier alpha value is -4.80. The van der Waals surface area contributed by atoms with Crippen molar-refractivity contribution >= 4 is 39.5 Å². The van der Waals surface area contributed by atoms with Crippen LogP contribution in [-0.4, -0.2) is 96.7 Å². The Labute approximate surface area is 644 Å². The molecule has 0 aliphatic rings. The van der Waals surface area contributed by atoms with Crippen molar-refractivity contribution in [1.82, 2.24) is 0 Å². The minimum Gasteiger partial charge on any atom is -0.462 e. The number of phosphoric acid groups is 2. The van der Waals surface area contributed by atoms with Crippen LogP contribution in [-0.2, 0) is 65.4 Å². The highest BCUT2D eigenvalue weighted by Gasteiger charge is 2.30. The molecule has 3 N–H and O–H groups in total. The summed E-state index contributed by atoms with van der Waals surface area (Å²) in [7, 11) is -9.99. The van der Waals surface area contributed by atoms with Crippen LogP contribution in [0.15, 0.2) is 134 Å². The van der Waals surface area contributed by atoms with Crippen molar-refractivity contribution in [2.75, 3.05) is 39.6 Å². The van der Waals surface area contributed by atoms with Gasteiger partial charge in [-0.05, 0) is 154 Å². The topological polar surface area (TPSA) is 237 Å². The van der Waals surface area contributed by atoms with Crippen molar-refractivity contribution in [3.8, 4) is 0 Å². The van der Waals surface area contributed by atoms with Gasteiger partial charge < -0.3 is 33.8 Å². The fraction of sp³-hybridized carbons (Fsp3) is 0.701. The number of carbonyl (C=O) groups is 4. The summed E-state index contributed by atoms with van der Waals surface area (Å²) in [6, 6.07) is 0. The van der Waals surface area contributed by atoms with Crippen molar-refractivity contribution in [3.63, 3.8) is 0 Å². The lowest BCUT2D eigenvalue weighted by Gasteiger charge is -2.21. The Bertz CT molecular complexity index is 2530. The van der Waals surface area contributed by atoms with Gasteiger partial charge in [0.2, 0.25) is 0 Å². The van der Waals surface area contributed by atoms with E-state index >= 15 is 0 Å². The van der Waals surface area contributed by atoms with E-state index in [0.717, 1.165) is 167 Å². The highest BCUT2D eigenvalue weighted by Crippen LogP contribution is 2.45. The van der Waals surface area contributed by atoms with E-state index in [1.165, 1.54) is 83.5 Å². The number of esters is 4. The molecule has 0 aromatic heterocycles. The lowest BCUT2D eigenvalue weighted by molar-refractivity contribution is -0.161. The van der Waals surface area contributed by atoms with E-state index in [0.29, 0.717) is 32.1 Å². The molecule has 0 bridgehead atoms. The summed E-state index contributed by atoms with van der Waals surface area (Å²) in [6.07, 6.45) is 88.6. The average molecular weight is 1530 g/mol. The lowest BCUT2D eigenvalue weighted by Crippen LogP contribution is -2.30. The molecule has 0 amide bonds. The van der Waals surface area contributed by atoms with Gasteiger partial charge >= 0.3 is 39.5 Å². The number of rotatable bonds is 77. The second-order valence-electron chi connectivity index (χ2n) is 27.3. The van der Waals surface area contributed by atoms with Gasteiger partial charge in [-0.3, -0.25) is 37.3 Å². The first-order chi connectivity index (χ1) is 51.7. The molecule has 5 atom stereocenters. The highest BCUT2D eigenvalue weighted by atomic mass is 31.2. The maximum absolute atomic E-state index is 13.1. The van der Waals surface area contributed by atoms with Gasteiger partial charge in [0.05, 0.1) is 26.4 Å². The normalized spacial score (nSPS) is 14.5. The number of ether oxygens (including phenoxy) is 4. The van der Waals surface area contributed by atoms with E-state index in [2.05, 4.69) is 143 Å². The predicted octanol–water partition coefficient (Wildman–Crippen LogP) is 24.4. The maximum atomic E-state index is 13.1. The molecule has 0 aromatic carbocycles. The van der Waals surface area contributed by atoms with Crippen LogP contribution in [0.1, 0.15) is 336 Å². The highest BCUT2D eigenvalue weighted by molar-refractivity contribution is 7.47. The molecule has 0 saturated carbocycles. The number of carbonyl (C=O) groups excluding carboxylic acids is 4. The zero-order valence-electron chi connectivity index (χ0n) is 66.6. The largest absolute Gasteiger partial charge is 0.472 e. The molecule has 608 valence electrons. The summed E-state index contributed by atoms with van der Waals surface area (Å²) in [6.45, 7) is 4.62. The zero-order chi connectivity index (χ0) is 77.4.